The molecule has 162 valence electrons. The van der Waals surface area contributed by atoms with E-state index in [2.05, 4.69) is 18.2 Å². The Morgan fingerprint density at radius 2 is 1.77 bits per heavy atom. The highest BCUT2D eigenvalue weighted by Crippen LogP contribution is 2.51. The van der Waals surface area contributed by atoms with E-state index in [0.29, 0.717) is 25.3 Å². The Labute approximate surface area is 184 Å². The summed E-state index contributed by atoms with van der Waals surface area (Å²) in [6.07, 6.45) is 4.72. The normalized spacial score (nSPS) is 21.8. The second-order valence-electron chi connectivity index (χ2n) is 9.06. The van der Waals surface area contributed by atoms with Crippen molar-refractivity contribution in [2.75, 3.05) is 26.8 Å². The lowest BCUT2D eigenvalue weighted by molar-refractivity contribution is -0.138. The van der Waals surface area contributed by atoms with Crippen molar-refractivity contribution in [1.29, 1.82) is 0 Å². The van der Waals surface area contributed by atoms with Crippen LogP contribution in [0.1, 0.15) is 58.6 Å². The maximum absolute atomic E-state index is 14.2. The van der Waals surface area contributed by atoms with Crippen molar-refractivity contribution < 1.29 is 14.3 Å². The number of amides is 2. The van der Waals surface area contributed by atoms with Crippen molar-refractivity contribution in [1.82, 2.24) is 9.80 Å². The zero-order chi connectivity index (χ0) is 21.4. The van der Waals surface area contributed by atoms with Crippen molar-refractivity contribution in [3.05, 3.63) is 70.8 Å². The molecule has 0 aromatic heterocycles. The van der Waals surface area contributed by atoms with E-state index in [1.165, 1.54) is 11.1 Å². The fourth-order valence-corrected chi connectivity index (χ4v) is 6.02. The molecule has 1 atom stereocenters. The zero-order valence-electron chi connectivity index (χ0n) is 18.2. The highest BCUT2D eigenvalue weighted by molar-refractivity contribution is 6.02. The Bertz CT molecular complexity index is 996. The van der Waals surface area contributed by atoms with Crippen LogP contribution in [0.5, 0.6) is 0 Å². The quantitative estimate of drug-likeness (QED) is 0.760. The Kier molecular flexibility index (Phi) is 5.30. The second kappa shape index (κ2) is 8.12. The summed E-state index contributed by atoms with van der Waals surface area (Å²) in [6.45, 7) is 2.39. The molecule has 1 unspecified atom stereocenters. The summed E-state index contributed by atoms with van der Waals surface area (Å²) in [6, 6.07) is 16.2. The van der Waals surface area contributed by atoms with Crippen LogP contribution in [0.4, 0.5) is 0 Å². The Morgan fingerprint density at radius 3 is 2.55 bits per heavy atom. The maximum Gasteiger partial charge on any atom is 0.254 e. The first-order valence-corrected chi connectivity index (χ1v) is 11.4. The minimum atomic E-state index is -0.446. The number of carbonyl (C=O) groups excluding carboxylic acids is 2. The van der Waals surface area contributed by atoms with Gasteiger partial charge in [-0.3, -0.25) is 9.59 Å². The molecule has 2 heterocycles. The average molecular weight is 419 g/mol. The van der Waals surface area contributed by atoms with Crippen molar-refractivity contribution in [3.8, 4) is 0 Å². The molecule has 1 aliphatic carbocycles. The van der Waals surface area contributed by atoms with Crippen molar-refractivity contribution in [2.24, 2.45) is 0 Å². The number of fused-ring (bicyclic) bond motifs is 2. The predicted molar refractivity (Wildman–Crippen MR) is 119 cm³/mol. The van der Waals surface area contributed by atoms with E-state index in [1.807, 2.05) is 40.1 Å². The van der Waals surface area contributed by atoms with Crippen LogP contribution in [0.15, 0.2) is 48.5 Å². The Balaban J connectivity index is 1.57. The molecule has 3 aliphatic rings. The van der Waals surface area contributed by atoms with Gasteiger partial charge in [-0.2, -0.15) is 0 Å². The van der Waals surface area contributed by atoms with E-state index in [4.69, 9.17) is 4.74 Å². The molecule has 1 spiro atoms. The van der Waals surface area contributed by atoms with Gasteiger partial charge in [0.1, 0.15) is 0 Å². The third-order valence-electron chi connectivity index (χ3n) is 7.50. The Morgan fingerprint density at radius 1 is 1.06 bits per heavy atom. The molecule has 1 fully saturated rings. The molecule has 0 saturated heterocycles. The van der Waals surface area contributed by atoms with Crippen molar-refractivity contribution in [3.63, 3.8) is 0 Å². The molecule has 2 aromatic carbocycles. The molecule has 0 radical (unpaired) electrons. The molecular formula is C26H30N2O3. The molecule has 2 aromatic rings. The predicted octanol–water partition coefficient (Wildman–Crippen LogP) is 3.77. The van der Waals surface area contributed by atoms with Crippen LogP contribution in [-0.4, -0.2) is 54.0 Å². The van der Waals surface area contributed by atoms with Crippen LogP contribution < -0.4 is 0 Å². The van der Waals surface area contributed by atoms with Crippen LogP contribution in [0, 0.1) is 0 Å². The number of rotatable bonds is 4. The lowest BCUT2D eigenvalue weighted by Crippen LogP contribution is -2.61. The summed E-state index contributed by atoms with van der Waals surface area (Å²) in [5.41, 5.74) is 3.71. The fraction of sp³-hybridized carbons (Fsp3) is 0.462. The van der Waals surface area contributed by atoms with Gasteiger partial charge in [-0.1, -0.05) is 55.3 Å². The number of hydrogen-bond donors (Lipinski definition) is 0. The van der Waals surface area contributed by atoms with Gasteiger partial charge in [0, 0.05) is 32.3 Å². The third-order valence-corrected chi connectivity index (χ3v) is 7.50. The molecular weight excluding hydrogens is 388 g/mol. The van der Waals surface area contributed by atoms with Crippen LogP contribution in [0.2, 0.25) is 0 Å². The number of carbonyl (C=O) groups is 2. The van der Waals surface area contributed by atoms with Gasteiger partial charge in [0.15, 0.2) is 0 Å². The molecule has 31 heavy (non-hydrogen) atoms. The minimum absolute atomic E-state index is 0.0441. The van der Waals surface area contributed by atoms with Gasteiger partial charge in [0.2, 0.25) is 5.91 Å². The number of methoxy groups -OCH3 is 1. The van der Waals surface area contributed by atoms with E-state index in [0.717, 1.165) is 44.2 Å². The number of hydrogen-bond acceptors (Lipinski definition) is 3. The summed E-state index contributed by atoms with van der Waals surface area (Å²) in [5.74, 6) is -0.104. The lowest BCUT2D eigenvalue weighted by atomic mass is 9.70. The standard InChI is InChI=1S/C26H30N2O3/c1-31-17-16-28-24(29)22-11-5-4-10-21(22)23(26(28)13-6-7-14-26)25(30)27-15-12-19-8-2-3-9-20(19)18-27/h2-5,8-11,23H,6-7,12-18H2,1H3. The lowest BCUT2D eigenvalue weighted by Gasteiger charge is -2.51. The molecule has 1 saturated carbocycles. The van der Waals surface area contributed by atoms with Crippen LogP contribution in [-0.2, 0) is 22.5 Å². The van der Waals surface area contributed by atoms with Gasteiger partial charge in [-0.25, -0.2) is 0 Å². The fourth-order valence-electron chi connectivity index (χ4n) is 6.02. The van der Waals surface area contributed by atoms with Gasteiger partial charge in [-0.05, 0) is 42.0 Å². The number of ether oxygens (including phenoxy) is 1. The van der Waals surface area contributed by atoms with Gasteiger partial charge in [0.25, 0.3) is 5.91 Å². The molecule has 2 amide bonds. The average Bonchev–Trinajstić information content (AvgIpc) is 3.28. The minimum Gasteiger partial charge on any atom is -0.383 e. The van der Waals surface area contributed by atoms with E-state index in [1.54, 1.807) is 7.11 Å². The summed E-state index contributed by atoms with van der Waals surface area (Å²) in [5, 5.41) is 0. The van der Waals surface area contributed by atoms with E-state index in [9.17, 15) is 9.59 Å². The topological polar surface area (TPSA) is 49.9 Å². The third kappa shape index (κ3) is 3.26. The van der Waals surface area contributed by atoms with E-state index >= 15 is 0 Å². The smallest absolute Gasteiger partial charge is 0.254 e. The summed E-state index contributed by atoms with van der Waals surface area (Å²) < 4.78 is 5.35. The van der Waals surface area contributed by atoms with Crippen LogP contribution >= 0.6 is 0 Å². The monoisotopic (exact) mass is 418 g/mol. The zero-order valence-corrected chi connectivity index (χ0v) is 18.2. The summed E-state index contributed by atoms with van der Waals surface area (Å²) in [7, 11) is 1.66. The Hall–Kier alpha value is -2.66. The molecule has 5 nitrogen and oxygen atoms in total. The number of nitrogens with zero attached hydrogens (tertiary/aromatic N) is 2. The SMILES string of the molecule is COCCN1C(=O)c2ccccc2C(C(=O)N2CCc3ccccc3C2)C12CCCC2. The van der Waals surface area contributed by atoms with Crippen LogP contribution in [0.3, 0.4) is 0 Å². The summed E-state index contributed by atoms with van der Waals surface area (Å²) in [4.78, 5) is 31.7. The van der Waals surface area contributed by atoms with Crippen LogP contribution in [0.25, 0.3) is 0 Å². The highest BCUT2D eigenvalue weighted by Gasteiger charge is 2.56. The van der Waals surface area contributed by atoms with Gasteiger partial charge in [0.05, 0.1) is 18.1 Å². The van der Waals surface area contributed by atoms with E-state index in [-0.39, 0.29) is 17.7 Å². The molecule has 0 N–H and O–H groups in total. The van der Waals surface area contributed by atoms with Gasteiger partial charge in [-0.15, -0.1) is 0 Å². The first-order chi connectivity index (χ1) is 15.2. The maximum atomic E-state index is 14.2. The largest absolute Gasteiger partial charge is 0.383 e. The molecule has 5 rings (SSSR count). The van der Waals surface area contributed by atoms with Crippen molar-refractivity contribution >= 4 is 11.8 Å². The van der Waals surface area contributed by atoms with E-state index < -0.39 is 5.54 Å². The van der Waals surface area contributed by atoms with Gasteiger partial charge < -0.3 is 14.5 Å². The highest BCUT2D eigenvalue weighted by atomic mass is 16.5. The first kappa shape index (κ1) is 20.3. The van der Waals surface area contributed by atoms with Gasteiger partial charge >= 0.3 is 0 Å². The first-order valence-electron chi connectivity index (χ1n) is 11.4. The number of benzene rings is 2. The molecule has 0 bridgehead atoms. The molecule has 5 heteroatoms. The second-order valence-corrected chi connectivity index (χ2v) is 9.06. The van der Waals surface area contributed by atoms with Crippen molar-refractivity contribution in [2.45, 2.75) is 50.1 Å². The summed E-state index contributed by atoms with van der Waals surface area (Å²) >= 11 is 0. The molecule has 2 aliphatic heterocycles.